The van der Waals surface area contributed by atoms with Gasteiger partial charge in [0, 0.05) is 45.6 Å². The maximum absolute atomic E-state index is 13.5. The summed E-state index contributed by atoms with van der Waals surface area (Å²) in [5.74, 6) is 0.776. The van der Waals surface area contributed by atoms with E-state index in [1.807, 2.05) is 37.2 Å². The molecule has 2 aliphatic rings. The lowest BCUT2D eigenvalue weighted by Gasteiger charge is -2.28. The molecule has 0 spiro atoms. The molecule has 32 heavy (non-hydrogen) atoms. The number of hydrogen-bond donors (Lipinski definition) is 0. The second-order valence-corrected chi connectivity index (χ2v) is 9.91. The average Bonchev–Trinajstić information content (AvgIpc) is 3.43. The van der Waals surface area contributed by atoms with Gasteiger partial charge in [0.05, 0.1) is 34.2 Å². The molecule has 1 aliphatic carbocycles. The van der Waals surface area contributed by atoms with Gasteiger partial charge in [0.25, 0.3) is 5.91 Å². The average molecular weight is 471 g/mol. The number of thiophene rings is 1. The van der Waals surface area contributed by atoms with Crippen LogP contribution in [0.3, 0.4) is 0 Å². The van der Waals surface area contributed by atoms with Gasteiger partial charge < -0.3 is 14.4 Å². The maximum Gasteiger partial charge on any atom is 0.264 e. The molecule has 0 unspecified atom stereocenters. The van der Waals surface area contributed by atoms with Crippen molar-refractivity contribution < 1.29 is 14.3 Å². The molecule has 1 saturated heterocycles. The van der Waals surface area contributed by atoms with E-state index < -0.39 is 0 Å². The van der Waals surface area contributed by atoms with E-state index in [0.29, 0.717) is 12.3 Å². The minimum atomic E-state index is 0.0604. The van der Waals surface area contributed by atoms with E-state index >= 15 is 0 Å². The van der Waals surface area contributed by atoms with Crippen molar-refractivity contribution in [3.63, 3.8) is 0 Å². The number of ether oxygens (including phenoxy) is 2. The molecule has 0 radical (unpaired) electrons. The first-order chi connectivity index (χ1) is 15.6. The molecular weight excluding hydrogens is 444 g/mol. The van der Waals surface area contributed by atoms with Crippen LogP contribution in [0.2, 0.25) is 0 Å². The first-order valence-corrected chi connectivity index (χ1v) is 12.5. The molecule has 168 valence electrons. The van der Waals surface area contributed by atoms with E-state index in [1.165, 1.54) is 28.4 Å². The summed E-state index contributed by atoms with van der Waals surface area (Å²) in [4.78, 5) is 23.9. The second kappa shape index (κ2) is 9.27. The molecule has 4 heterocycles. The van der Waals surface area contributed by atoms with Crippen molar-refractivity contribution in [2.24, 2.45) is 0 Å². The number of carbonyl (C=O) groups excluding carboxylic acids is 1. The molecule has 5 rings (SSSR count). The molecule has 1 fully saturated rings. The van der Waals surface area contributed by atoms with Gasteiger partial charge in [0.15, 0.2) is 5.06 Å². The van der Waals surface area contributed by atoms with Crippen molar-refractivity contribution in [2.75, 3.05) is 46.4 Å². The fourth-order valence-corrected chi connectivity index (χ4v) is 6.27. The van der Waals surface area contributed by atoms with Crippen LogP contribution in [0.4, 0.5) is 0 Å². The number of rotatable bonds is 6. The molecule has 0 N–H and O–H groups in total. The Balaban J connectivity index is 1.44. The molecule has 0 saturated carbocycles. The summed E-state index contributed by atoms with van der Waals surface area (Å²) in [7, 11) is 1.89. The standard InChI is InChI=1S/C23H26N4O3S2/c1-15-18(4-3-7-24-15)30-23-19-17(6-5-16-14-25-32-20(16)19)21(31-23)22(28)26(2)8-9-27-10-12-29-13-11-27/h3-4,7,14H,5-6,8-13H2,1-2H3. The third-order valence-corrected chi connectivity index (χ3v) is 8.01. The lowest BCUT2D eigenvalue weighted by molar-refractivity contribution is 0.0338. The summed E-state index contributed by atoms with van der Waals surface area (Å²) in [6.45, 7) is 6.86. The zero-order valence-corrected chi connectivity index (χ0v) is 19.9. The molecular formula is C23H26N4O3S2. The zero-order chi connectivity index (χ0) is 22.1. The van der Waals surface area contributed by atoms with Crippen molar-refractivity contribution in [3.8, 4) is 21.3 Å². The highest BCUT2D eigenvalue weighted by Gasteiger charge is 2.32. The second-order valence-electron chi connectivity index (χ2n) is 8.12. The Bertz CT molecular complexity index is 1120. The molecule has 3 aromatic rings. The highest BCUT2D eigenvalue weighted by molar-refractivity contribution is 7.17. The van der Waals surface area contributed by atoms with Crippen molar-refractivity contribution in [1.29, 1.82) is 0 Å². The number of aryl methyl sites for hydroxylation is 2. The highest BCUT2D eigenvalue weighted by atomic mass is 32.1. The topological polar surface area (TPSA) is 67.8 Å². The molecule has 7 nitrogen and oxygen atoms in total. The number of morpholine rings is 1. The van der Waals surface area contributed by atoms with Crippen molar-refractivity contribution in [1.82, 2.24) is 19.2 Å². The minimum Gasteiger partial charge on any atom is -0.444 e. The van der Waals surface area contributed by atoms with Gasteiger partial charge in [0.2, 0.25) is 0 Å². The third kappa shape index (κ3) is 4.17. The number of aromatic nitrogens is 2. The van der Waals surface area contributed by atoms with Gasteiger partial charge in [-0.15, -0.1) is 0 Å². The van der Waals surface area contributed by atoms with Gasteiger partial charge in [-0.05, 0) is 54.6 Å². The SMILES string of the molecule is Cc1ncccc1Oc1sc(C(=O)N(C)CCN2CCOCC2)c2c1-c1sncc1CC2. The number of amides is 1. The molecule has 9 heteroatoms. The fourth-order valence-electron chi connectivity index (χ4n) is 4.13. The zero-order valence-electron chi connectivity index (χ0n) is 18.3. The summed E-state index contributed by atoms with van der Waals surface area (Å²) >= 11 is 2.92. The Morgan fingerprint density at radius 1 is 1.31 bits per heavy atom. The van der Waals surface area contributed by atoms with Gasteiger partial charge in [0.1, 0.15) is 5.75 Å². The maximum atomic E-state index is 13.5. The summed E-state index contributed by atoms with van der Waals surface area (Å²) < 4.78 is 16.2. The predicted octanol–water partition coefficient (Wildman–Crippen LogP) is 3.87. The van der Waals surface area contributed by atoms with Gasteiger partial charge >= 0.3 is 0 Å². The number of fused-ring (bicyclic) bond motifs is 3. The predicted molar refractivity (Wildman–Crippen MR) is 126 cm³/mol. The molecule has 1 amide bonds. The van der Waals surface area contributed by atoms with Gasteiger partial charge in [-0.25, -0.2) is 4.37 Å². The number of pyridine rings is 1. The first kappa shape index (κ1) is 21.5. The van der Waals surface area contributed by atoms with E-state index in [4.69, 9.17) is 9.47 Å². The largest absolute Gasteiger partial charge is 0.444 e. The van der Waals surface area contributed by atoms with E-state index in [1.54, 1.807) is 6.20 Å². The Kier molecular flexibility index (Phi) is 6.23. The van der Waals surface area contributed by atoms with Crippen LogP contribution in [0.25, 0.3) is 10.4 Å². The van der Waals surface area contributed by atoms with Crippen LogP contribution < -0.4 is 4.74 Å². The van der Waals surface area contributed by atoms with Crippen LogP contribution in [0.15, 0.2) is 24.5 Å². The quantitative estimate of drug-likeness (QED) is 0.545. The van der Waals surface area contributed by atoms with Crippen LogP contribution in [-0.2, 0) is 17.6 Å². The third-order valence-electron chi connectivity index (χ3n) is 6.05. The van der Waals surface area contributed by atoms with Crippen LogP contribution in [-0.4, -0.2) is 71.5 Å². The molecule has 1 aliphatic heterocycles. The summed E-state index contributed by atoms with van der Waals surface area (Å²) in [5, 5.41) is 0.756. The molecule has 0 atom stereocenters. The van der Waals surface area contributed by atoms with Gasteiger partial charge in [-0.2, -0.15) is 0 Å². The number of hydrogen-bond acceptors (Lipinski definition) is 8. The normalized spacial score (nSPS) is 15.8. The van der Waals surface area contributed by atoms with Crippen molar-refractivity contribution in [2.45, 2.75) is 19.8 Å². The Labute approximate surface area is 195 Å². The molecule has 3 aromatic heterocycles. The molecule has 0 aromatic carbocycles. The summed E-state index contributed by atoms with van der Waals surface area (Å²) in [5.41, 5.74) is 4.18. The Morgan fingerprint density at radius 2 is 2.16 bits per heavy atom. The van der Waals surface area contributed by atoms with Gasteiger partial charge in [-0.3, -0.25) is 14.7 Å². The van der Waals surface area contributed by atoms with Crippen LogP contribution in [0.5, 0.6) is 10.8 Å². The number of likely N-dealkylation sites (N-methyl/N-ethyl adjacent to an activating group) is 1. The first-order valence-electron chi connectivity index (χ1n) is 10.9. The fraction of sp³-hybridized carbons (Fsp3) is 0.435. The summed E-state index contributed by atoms with van der Waals surface area (Å²) in [6.07, 6.45) is 5.42. The van der Waals surface area contributed by atoms with E-state index in [9.17, 15) is 4.79 Å². The van der Waals surface area contributed by atoms with Crippen LogP contribution >= 0.6 is 22.9 Å². The van der Waals surface area contributed by atoms with E-state index in [2.05, 4.69) is 14.3 Å². The minimum absolute atomic E-state index is 0.0604. The van der Waals surface area contributed by atoms with Crippen LogP contribution in [0, 0.1) is 6.92 Å². The van der Waals surface area contributed by atoms with E-state index in [-0.39, 0.29) is 5.91 Å². The monoisotopic (exact) mass is 470 g/mol. The van der Waals surface area contributed by atoms with Crippen molar-refractivity contribution in [3.05, 3.63) is 46.2 Å². The Morgan fingerprint density at radius 3 is 2.97 bits per heavy atom. The van der Waals surface area contributed by atoms with Crippen molar-refractivity contribution >= 4 is 28.8 Å². The Hall–Kier alpha value is -2.33. The number of nitrogens with zero attached hydrogens (tertiary/aromatic N) is 4. The van der Waals surface area contributed by atoms with Gasteiger partial charge in [-0.1, -0.05) is 11.3 Å². The van der Waals surface area contributed by atoms with E-state index in [0.717, 1.165) is 77.3 Å². The smallest absolute Gasteiger partial charge is 0.264 e. The summed E-state index contributed by atoms with van der Waals surface area (Å²) in [6, 6.07) is 3.78. The lowest BCUT2D eigenvalue weighted by Crippen LogP contribution is -2.41. The van der Waals surface area contributed by atoms with Crippen LogP contribution in [0.1, 0.15) is 26.5 Å². The highest BCUT2D eigenvalue weighted by Crippen LogP contribution is 2.50. The molecule has 0 bridgehead atoms. The lowest BCUT2D eigenvalue weighted by atomic mass is 9.93. The number of carbonyl (C=O) groups is 1.